The van der Waals surface area contributed by atoms with Crippen LogP contribution in [0.3, 0.4) is 0 Å². The van der Waals surface area contributed by atoms with Crippen molar-refractivity contribution >= 4 is 27.3 Å². The third kappa shape index (κ3) is 4.42. The molecule has 0 fully saturated rings. The summed E-state index contributed by atoms with van der Waals surface area (Å²) in [4.78, 5) is 26.9. The molecule has 0 unspecified atom stereocenters. The molecule has 1 aliphatic rings. The zero-order valence-corrected chi connectivity index (χ0v) is 20.0. The van der Waals surface area contributed by atoms with Crippen LogP contribution in [0.15, 0.2) is 114 Å². The van der Waals surface area contributed by atoms with Crippen molar-refractivity contribution in [2.45, 2.75) is 11.8 Å². The normalized spacial score (nSPS) is 13.4. The Bertz CT molecular complexity index is 1610. The third-order valence-electron chi connectivity index (χ3n) is 5.70. The van der Waals surface area contributed by atoms with Crippen LogP contribution in [-0.4, -0.2) is 20.0 Å². The monoisotopic (exact) mass is 497 g/mol. The van der Waals surface area contributed by atoms with Crippen molar-refractivity contribution in [3.05, 3.63) is 126 Å². The summed E-state index contributed by atoms with van der Waals surface area (Å²) in [5, 5.41) is 0. The van der Waals surface area contributed by atoms with Crippen molar-refractivity contribution in [2.75, 3.05) is 0 Å². The van der Waals surface area contributed by atoms with Crippen molar-refractivity contribution in [2.24, 2.45) is 0 Å². The summed E-state index contributed by atoms with van der Waals surface area (Å²) in [5.41, 5.74) is 0.812. The largest absolute Gasteiger partial charge is 0.457 e. The maximum atomic E-state index is 13.5. The molecule has 1 N–H and O–H groups in total. The lowest BCUT2D eigenvalue weighted by molar-refractivity contribution is -0.577. The van der Waals surface area contributed by atoms with E-state index < -0.39 is 21.6 Å². The summed E-state index contributed by atoms with van der Waals surface area (Å²) in [7, 11) is -4.14. The van der Waals surface area contributed by atoms with Gasteiger partial charge in [-0.15, -0.1) is 0 Å². The van der Waals surface area contributed by atoms with E-state index >= 15 is 0 Å². The first kappa shape index (κ1) is 23.2. The summed E-state index contributed by atoms with van der Waals surface area (Å²) < 4.78 is 36.0. The molecule has 0 atom stereocenters. The Kier molecular flexibility index (Phi) is 5.95. The zero-order valence-electron chi connectivity index (χ0n) is 19.2. The van der Waals surface area contributed by atoms with Crippen LogP contribution in [0.1, 0.15) is 26.3 Å². The standard InChI is InChI=1S/C28H20N2O5S/c1-19-11-13-22(14-12-19)36(33,34)29-25-26(28(32)24-10-6-5-9-23(24)27(25)31)30-17-15-21(16-18-30)35-20-7-3-2-4-8-20/h2-18H,1H3/p+1. The molecule has 0 radical (unpaired) electrons. The predicted molar refractivity (Wildman–Crippen MR) is 133 cm³/mol. The Hall–Kier alpha value is -4.56. The molecule has 1 aromatic heterocycles. The van der Waals surface area contributed by atoms with Gasteiger partial charge in [-0.2, -0.15) is 4.57 Å². The van der Waals surface area contributed by atoms with Gasteiger partial charge in [0, 0.05) is 23.3 Å². The Balaban J connectivity index is 1.58. The number of hydrogen-bond donors (Lipinski definition) is 1. The molecule has 3 aromatic carbocycles. The molecule has 7 nitrogen and oxygen atoms in total. The number of benzene rings is 3. The number of ether oxygens (including phenoxy) is 1. The van der Waals surface area contributed by atoms with Crippen LogP contribution in [0.5, 0.6) is 11.5 Å². The van der Waals surface area contributed by atoms with Gasteiger partial charge in [0.2, 0.25) is 5.78 Å². The van der Waals surface area contributed by atoms with Crippen LogP contribution < -0.4 is 14.0 Å². The van der Waals surface area contributed by atoms with Crippen LogP contribution in [0, 0.1) is 6.92 Å². The highest BCUT2D eigenvalue weighted by Crippen LogP contribution is 2.27. The SMILES string of the molecule is Cc1ccc(S(=O)(=O)NC2=C([n+]3ccc(Oc4ccccc4)cc3)C(=O)c3ccccc3C2=O)cc1. The highest BCUT2D eigenvalue weighted by Gasteiger charge is 2.40. The Labute approximate surface area is 208 Å². The lowest BCUT2D eigenvalue weighted by Gasteiger charge is -2.18. The highest BCUT2D eigenvalue weighted by molar-refractivity contribution is 7.89. The maximum absolute atomic E-state index is 13.5. The number of nitrogens with zero attached hydrogens (tertiary/aromatic N) is 1. The summed E-state index contributed by atoms with van der Waals surface area (Å²) in [6.07, 6.45) is 3.10. The van der Waals surface area contributed by atoms with Crippen LogP contribution >= 0.6 is 0 Å². The molecule has 36 heavy (non-hydrogen) atoms. The number of hydrogen-bond acceptors (Lipinski definition) is 5. The Morgan fingerprint density at radius 3 is 1.89 bits per heavy atom. The van der Waals surface area contributed by atoms with E-state index in [9.17, 15) is 18.0 Å². The molecule has 5 rings (SSSR count). The van der Waals surface area contributed by atoms with E-state index in [0.29, 0.717) is 11.5 Å². The van der Waals surface area contributed by atoms with Gasteiger partial charge in [0.1, 0.15) is 11.5 Å². The molecule has 0 aliphatic heterocycles. The van der Waals surface area contributed by atoms with Gasteiger partial charge in [-0.1, -0.05) is 60.2 Å². The van der Waals surface area contributed by atoms with Gasteiger partial charge in [-0.25, -0.2) is 8.42 Å². The molecule has 178 valence electrons. The quantitative estimate of drug-likeness (QED) is 0.401. The topological polar surface area (TPSA) is 93.4 Å². The summed E-state index contributed by atoms with van der Waals surface area (Å²) in [5.74, 6) is 0.0789. The smallest absolute Gasteiger partial charge is 0.287 e. The van der Waals surface area contributed by atoms with E-state index in [1.165, 1.54) is 22.8 Å². The summed E-state index contributed by atoms with van der Waals surface area (Å²) >= 11 is 0. The number of rotatable bonds is 6. The van der Waals surface area contributed by atoms with Crippen molar-refractivity contribution in [1.82, 2.24) is 4.72 Å². The molecule has 0 amide bonds. The fourth-order valence-electron chi connectivity index (χ4n) is 3.87. The average molecular weight is 498 g/mol. The van der Waals surface area contributed by atoms with Gasteiger partial charge in [0.05, 0.1) is 4.90 Å². The highest BCUT2D eigenvalue weighted by atomic mass is 32.2. The second-order valence-corrected chi connectivity index (χ2v) is 9.88. The van der Waals surface area contributed by atoms with Crippen LogP contribution in [0.4, 0.5) is 0 Å². The third-order valence-corrected chi connectivity index (χ3v) is 7.06. The number of ketones is 2. The molecule has 1 aliphatic carbocycles. The van der Waals surface area contributed by atoms with E-state index in [2.05, 4.69) is 4.72 Å². The molecule has 0 bridgehead atoms. The van der Waals surface area contributed by atoms with Crippen LogP contribution in [0.2, 0.25) is 0 Å². The zero-order chi connectivity index (χ0) is 25.3. The number of Topliss-reactive ketones (excluding diaryl/α,β-unsaturated/α-hetero) is 2. The lowest BCUT2D eigenvalue weighted by Crippen LogP contribution is -2.44. The second-order valence-electron chi connectivity index (χ2n) is 8.20. The number of aromatic nitrogens is 1. The van der Waals surface area contributed by atoms with Crippen molar-refractivity contribution < 1.29 is 27.3 Å². The molecule has 1 heterocycles. The van der Waals surface area contributed by atoms with Gasteiger partial charge >= 0.3 is 0 Å². The number of aryl methyl sites for hydroxylation is 1. The van der Waals surface area contributed by atoms with E-state index in [4.69, 9.17) is 4.74 Å². The van der Waals surface area contributed by atoms with Crippen LogP contribution in [0.25, 0.3) is 5.70 Å². The maximum Gasteiger partial charge on any atom is 0.287 e. The number of allylic oxidation sites excluding steroid dienone is 2. The van der Waals surface area contributed by atoms with E-state index in [-0.39, 0.29) is 27.4 Å². The molecule has 4 aromatic rings. The number of para-hydroxylation sites is 1. The van der Waals surface area contributed by atoms with Gasteiger partial charge in [0.15, 0.2) is 18.1 Å². The van der Waals surface area contributed by atoms with Crippen LogP contribution in [-0.2, 0) is 10.0 Å². The fourth-order valence-corrected chi connectivity index (χ4v) is 4.94. The minimum atomic E-state index is -4.14. The Morgan fingerprint density at radius 1 is 0.694 bits per heavy atom. The average Bonchev–Trinajstić information content (AvgIpc) is 2.89. The van der Waals surface area contributed by atoms with Gasteiger partial charge in [-0.05, 0) is 31.2 Å². The molecule has 0 spiro atoms. The molecule has 0 saturated carbocycles. The number of carbonyl (C=O) groups is 2. The molecule has 0 saturated heterocycles. The first-order valence-electron chi connectivity index (χ1n) is 11.1. The minimum absolute atomic E-state index is 0.0179. The first-order chi connectivity index (χ1) is 17.3. The number of pyridine rings is 1. The number of carbonyl (C=O) groups excluding carboxylic acids is 2. The van der Waals surface area contributed by atoms with Gasteiger partial charge in [0.25, 0.3) is 21.5 Å². The lowest BCUT2D eigenvalue weighted by atomic mass is 9.90. The van der Waals surface area contributed by atoms with Crippen molar-refractivity contribution in [1.29, 1.82) is 0 Å². The minimum Gasteiger partial charge on any atom is -0.457 e. The number of sulfonamides is 1. The predicted octanol–water partition coefficient (Wildman–Crippen LogP) is 4.30. The molecule has 8 heteroatoms. The van der Waals surface area contributed by atoms with E-state index in [0.717, 1.165) is 5.56 Å². The molecular weight excluding hydrogens is 476 g/mol. The van der Waals surface area contributed by atoms with Gasteiger partial charge in [-0.3, -0.25) is 14.3 Å². The second kappa shape index (κ2) is 9.24. The summed E-state index contributed by atoms with van der Waals surface area (Å²) in [6, 6.07) is 25.0. The Morgan fingerprint density at radius 2 is 1.25 bits per heavy atom. The van der Waals surface area contributed by atoms with Crippen molar-refractivity contribution in [3.63, 3.8) is 0 Å². The number of nitrogens with one attached hydrogen (secondary N) is 1. The summed E-state index contributed by atoms with van der Waals surface area (Å²) in [6.45, 7) is 1.84. The number of fused-ring (bicyclic) bond motifs is 1. The van der Waals surface area contributed by atoms with Crippen molar-refractivity contribution in [3.8, 4) is 11.5 Å². The first-order valence-corrected chi connectivity index (χ1v) is 12.6. The van der Waals surface area contributed by atoms with E-state index in [1.54, 1.807) is 54.9 Å². The molecular formula is C28H21N2O5S+. The van der Waals surface area contributed by atoms with E-state index in [1.807, 2.05) is 37.3 Å². The fraction of sp³-hybridized carbons (Fsp3) is 0.0357. The van der Waals surface area contributed by atoms with Gasteiger partial charge < -0.3 is 4.74 Å².